The number of para-hydroxylation sites is 1. The molecule has 2 fully saturated rings. The third-order valence-corrected chi connectivity index (χ3v) is 8.26. The van der Waals surface area contributed by atoms with E-state index in [1.165, 1.54) is 16.5 Å². The number of piperidine rings is 2. The largest absolute Gasteiger partial charge is 0.496 e. The van der Waals surface area contributed by atoms with Gasteiger partial charge in [0.1, 0.15) is 5.75 Å². The summed E-state index contributed by atoms with van der Waals surface area (Å²) in [5.74, 6) is 1.29. The summed E-state index contributed by atoms with van der Waals surface area (Å²) in [5.41, 5.74) is 3.21. The zero-order valence-electron chi connectivity index (χ0n) is 21.3. The van der Waals surface area contributed by atoms with Crippen LogP contribution >= 0.6 is 0 Å². The third kappa shape index (κ3) is 4.35. The summed E-state index contributed by atoms with van der Waals surface area (Å²) in [6.45, 7) is 2.72. The summed E-state index contributed by atoms with van der Waals surface area (Å²) in [7, 11) is 1.65. The molecule has 1 unspecified atom stereocenters. The van der Waals surface area contributed by atoms with E-state index >= 15 is 0 Å². The van der Waals surface area contributed by atoms with Crippen molar-refractivity contribution in [3.63, 3.8) is 0 Å². The van der Waals surface area contributed by atoms with E-state index in [9.17, 15) is 9.59 Å². The van der Waals surface area contributed by atoms with Gasteiger partial charge in [-0.3, -0.25) is 9.59 Å². The van der Waals surface area contributed by atoms with Crippen molar-refractivity contribution in [2.45, 2.75) is 31.6 Å². The van der Waals surface area contributed by atoms with Crippen molar-refractivity contribution in [3.8, 4) is 5.75 Å². The fraction of sp³-hybridized carbons (Fsp3) is 0.355. The van der Waals surface area contributed by atoms with Crippen LogP contribution in [0, 0.1) is 5.92 Å². The molecule has 1 aromatic heterocycles. The first-order chi connectivity index (χ1) is 18.1. The molecule has 2 aliphatic rings. The molecular formula is C31H33N3O3. The van der Waals surface area contributed by atoms with Gasteiger partial charge in [-0.05, 0) is 60.7 Å². The molecule has 0 saturated carbocycles. The highest BCUT2D eigenvalue weighted by molar-refractivity contribution is 6.08. The molecule has 0 aliphatic carbocycles. The van der Waals surface area contributed by atoms with Crippen molar-refractivity contribution in [2.75, 3.05) is 33.3 Å². The van der Waals surface area contributed by atoms with Gasteiger partial charge in [-0.25, -0.2) is 0 Å². The lowest BCUT2D eigenvalue weighted by molar-refractivity contribution is -0.138. The number of H-pyrrole nitrogens is 1. The minimum Gasteiger partial charge on any atom is -0.496 e. The number of amides is 2. The number of aromatic amines is 1. The van der Waals surface area contributed by atoms with E-state index in [1.807, 2.05) is 46.2 Å². The van der Waals surface area contributed by atoms with Gasteiger partial charge in [0.2, 0.25) is 5.91 Å². The summed E-state index contributed by atoms with van der Waals surface area (Å²) in [6, 6.07) is 20.0. The minimum atomic E-state index is -0.133. The molecule has 0 radical (unpaired) electrons. The van der Waals surface area contributed by atoms with Crippen LogP contribution in [0.2, 0.25) is 0 Å². The number of ether oxygens (including phenoxy) is 1. The fourth-order valence-corrected chi connectivity index (χ4v) is 6.27. The average molecular weight is 496 g/mol. The van der Waals surface area contributed by atoms with Crippen molar-refractivity contribution in [1.29, 1.82) is 0 Å². The molecule has 1 atom stereocenters. The monoisotopic (exact) mass is 495 g/mol. The van der Waals surface area contributed by atoms with Crippen LogP contribution < -0.4 is 4.74 Å². The number of aromatic nitrogens is 1. The Morgan fingerprint density at radius 2 is 1.57 bits per heavy atom. The second kappa shape index (κ2) is 9.92. The summed E-state index contributed by atoms with van der Waals surface area (Å²) in [6.07, 6.45) is 5.78. The van der Waals surface area contributed by atoms with Crippen molar-refractivity contribution in [2.24, 2.45) is 5.92 Å². The van der Waals surface area contributed by atoms with Gasteiger partial charge in [0, 0.05) is 54.2 Å². The van der Waals surface area contributed by atoms with Gasteiger partial charge in [-0.15, -0.1) is 0 Å². The number of carbonyl (C=O) groups is 2. The van der Waals surface area contributed by atoms with E-state index in [1.54, 1.807) is 7.11 Å². The number of hydrogen-bond donors (Lipinski definition) is 1. The lowest BCUT2D eigenvalue weighted by Crippen LogP contribution is -2.48. The van der Waals surface area contributed by atoms with Gasteiger partial charge in [0.05, 0.1) is 13.0 Å². The maximum absolute atomic E-state index is 13.6. The van der Waals surface area contributed by atoms with Crippen LogP contribution in [0.15, 0.2) is 66.9 Å². The van der Waals surface area contributed by atoms with Gasteiger partial charge in [0.15, 0.2) is 0 Å². The number of fused-ring (bicyclic) bond motifs is 2. The van der Waals surface area contributed by atoms with Crippen molar-refractivity contribution in [1.82, 2.24) is 14.8 Å². The Balaban J connectivity index is 1.13. The third-order valence-electron chi connectivity index (χ3n) is 8.26. The highest BCUT2D eigenvalue weighted by Gasteiger charge is 2.34. The molecule has 37 heavy (non-hydrogen) atoms. The van der Waals surface area contributed by atoms with E-state index in [0.29, 0.717) is 24.6 Å². The number of hydrogen-bond acceptors (Lipinski definition) is 3. The van der Waals surface area contributed by atoms with Gasteiger partial charge in [-0.2, -0.15) is 0 Å². The highest BCUT2D eigenvalue weighted by atomic mass is 16.5. The lowest BCUT2D eigenvalue weighted by atomic mass is 9.88. The molecular weight excluding hydrogens is 462 g/mol. The molecule has 2 saturated heterocycles. The SMILES string of the molecule is COc1ccc(C(=O)N2CCCC(C(=O)N3CCC(c4c[nH]c5ccccc45)CC3)C2)c2ccccc12. The number of nitrogens with zero attached hydrogens (tertiary/aromatic N) is 2. The maximum atomic E-state index is 13.6. The van der Waals surface area contributed by atoms with E-state index < -0.39 is 0 Å². The van der Waals surface area contributed by atoms with Gasteiger partial charge in [-0.1, -0.05) is 42.5 Å². The highest BCUT2D eigenvalue weighted by Crippen LogP contribution is 2.34. The second-order valence-electron chi connectivity index (χ2n) is 10.3. The van der Waals surface area contributed by atoms with E-state index in [-0.39, 0.29) is 17.7 Å². The zero-order valence-corrected chi connectivity index (χ0v) is 21.3. The van der Waals surface area contributed by atoms with Gasteiger partial charge in [0.25, 0.3) is 5.91 Å². The quantitative estimate of drug-likeness (QED) is 0.402. The molecule has 0 spiro atoms. The number of rotatable bonds is 4. The zero-order chi connectivity index (χ0) is 25.4. The lowest BCUT2D eigenvalue weighted by Gasteiger charge is -2.38. The Morgan fingerprint density at radius 3 is 2.35 bits per heavy atom. The van der Waals surface area contributed by atoms with E-state index in [2.05, 4.69) is 35.4 Å². The first kappa shape index (κ1) is 23.6. The Bertz CT molecular complexity index is 1450. The van der Waals surface area contributed by atoms with Gasteiger partial charge >= 0.3 is 0 Å². The van der Waals surface area contributed by atoms with Crippen LogP contribution in [0.5, 0.6) is 5.75 Å². The molecule has 2 aliphatic heterocycles. The maximum Gasteiger partial charge on any atom is 0.254 e. The molecule has 6 nitrogen and oxygen atoms in total. The number of methoxy groups -OCH3 is 1. The number of carbonyl (C=O) groups excluding carboxylic acids is 2. The molecule has 1 N–H and O–H groups in total. The molecule has 6 rings (SSSR count). The molecule has 6 heteroatoms. The van der Waals surface area contributed by atoms with Crippen LogP contribution in [0.1, 0.15) is 47.5 Å². The topological polar surface area (TPSA) is 65.6 Å². The van der Waals surface area contributed by atoms with Crippen LogP contribution in [0.4, 0.5) is 0 Å². The van der Waals surface area contributed by atoms with Gasteiger partial charge < -0.3 is 19.5 Å². The molecule has 190 valence electrons. The van der Waals surface area contributed by atoms with Crippen LogP contribution in [0.25, 0.3) is 21.7 Å². The van der Waals surface area contributed by atoms with E-state index in [0.717, 1.165) is 55.3 Å². The van der Waals surface area contributed by atoms with Crippen LogP contribution in [-0.2, 0) is 4.79 Å². The summed E-state index contributed by atoms with van der Waals surface area (Å²) in [5, 5.41) is 3.11. The summed E-state index contributed by atoms with van der Waals surface area (Å²) < 4.78 is 5.50. The summed E-state index contributed by atoms with van der Waals surface area (Å²) in [4.78, 5) is 34.4. The second-order valence-corrected chi connectivity index (χ2v) is 10.3. The normalized spacial score (nSPS) is 18.9. The van der Waals surface area contributed by atoms with Crippen molar-refractivity contribution in [3.05, 3.63) is 78.0 Å². The Hall–Kier alpha value is -3.80. The molecule has 3 heterocycles. The van der Waals surface area contributed by atoms with Crippen LogP contribution in [0.3, 0.4) is 0 Å². The predicted molar refractivity (Wildman–Crippen MR) is 146 cm³/mol. The van der Waals surface area contributed by atoms with E-state index in [4.69, 9.17) is 4.74 Å². The number of likely N-dealkylation sites (tertiary alicyclic amines) is 2. The Morgan fingerprint density at radius 1 is 0.838 bits per heavy atom. The predicted octanol–water partition coefficient (Wildman–Crippen LogP) is 5.59. The Kier molecular flexibility index (Phi) is 6.33. The molecule has 0 bridgehead atoms. The minimum absolute atomic E-state index is 0.00519. The molecule has 2 amide bonds. The first-order valence-corrected chi connectivity index (χ1v) is 13.3. The van der Waals surface area contributed by atoms with Crippen LogP contribution in [-0.4, -0.2) is 59.9 Å². The fourth-order valence-electron chi connectivity index (χ4n) is 6.27. The van der Waals surface area contributed by atoms with Crippen molar-refractivity contribution >= 4 is 33.5 Å². The molecule has 4 aromatic rings. The molecule has 3 aromatic carbocycles. The first-order valence-electron chi connectivity index (χ1n) is 13.3. The summed E-state index contributed by atoms with van der Waals surface area (Å²) >= 11 is 0. The number of nitrogens with one attached hydrogen (secondary N) is 1. The standard InChI is InChI=1S/C31H33N3O3/c1-37-29-13-12-26(23-8-2-3-10-25(23)29)31(36)34-16-6-7-22(20-34)30(35)33-17-14-21(15-18-33)27-19-32-28-11-5-4-9-24(27)28/h2-5,8-13,19,21-22,32H,6-7,14-18,20H2,1H3. The average Bonchev–Trinajstić information content (AvgIpc) is 3.40. The van der Waals surface area contributed by atoms with Crippen molar-refractivity contribution < 1.29 is 14.3 Å². The number of benzene rings is 3. The smallest absolute Gasteiger partial charge is 0.254 e. The Labute approximate surface area is 217 Å².